The Bertz CT molecular complexity index is 745. The van der Waals surface area contributed by atoms with Crippen molar-refractivity contribution < 1.29 is 4.42 Å². The Hall–Kier alpha value is -1.59. The van der Waals surface area contributed by atoms with Gasteiger partial charge in [-0.15, -0.1) is 0 Å². The molecule has 0 aliphatic carbocycles. The van der Waals surface area contributed by atoms with E-state index >= 15 is 0 Å². The van der Waals surface area contributed by atoms with Crippen molar-refractivity contribution in [3.63, 3.8) is 0 Å². The SMILES string of the molecule is CCNCc1cn(C)nc1-c1cc2cc(Br)ccc2o1. The molecule has 4 nitrogen and oxygen atoms in total. The second-order valence-corrected chi connectivity index (χ2v) is 5.67. The van der Waals surface area contributed by atoms with Gasteiger partial charge in [-0.3, -0.25) is 4.68 Å². The Labute approximate surface area is 125 Å². The first-order chi connectivity index (χ1) is 9.67. The second kappa shape index (κ2) is 5.42. The van der Waals surface area contributed by atoms with Crippen LogP contribution in [0.2, 0.25) is 0 Å². The lowest BCUT2D eigenvalue weighted by Gasteiger charge is -1.99. The van der Waals surface area contributed by atoms with Crippen LogP contribution in [0.25, 0.3) is 22.4 Å². The van der Waals surface area contributed by atoms with E-state index in [9.17, 15) is 0 Å². The minimum atomic E-state index is 0.792. The van der Waals surface area contributed by atoms with E-state index in [1.54, 1.807) is 0 Å². The molecule has 5 heteroatoms. The molecule has 0 fully saturated rings. The molecule has 0 aliphatic rings. The summed E-state index contributed by atoms with van der Waals surface area (Å²) in [5, 5.41) is 8.93. The molecule has 0 spiro atoms. The van der Waals surface area contributed by atoms with Crippen molar-refractivity contribution in [3.8, 4) is 11.5 Å². The van der Waals surface area contributed by atoms with Crippen molar-refractivity contribution in [2.45, 2.75) is 13.5 Å². The van der Waals surface area contributed by atoms with Gasteiger partial charge in [0, 0.05) is 35.2 Å². The molecule has 104 valence electrons. The van der Waals surface area contributed by atoms with Gasteiger partial charge in [0.15, 0.2) is 5.76 Å². The molecular formula is C15H16BrN3O. The molecule has 0 saturated heterocycles. The summed E-state index contributed by atoms with van der Waals surface area (Å²) in [6, 6.07) is 8.04. The maximum absolute atomic E-state index is 5.92. The summed E-state index contributed by atoms with van der Waals surface area (Å²) in [6.45, 7) is 3.82. The van der Waals surface area contributed by atoms with Crippen molar-refractivity contribution >= 4 is 26.9 Å². The number of aryl methyl sites for hydroxylation is 1. The average molecular weight is 334 g/mol. The summed E-state index contributed by atoms with van der Waals surface area (Å²) in [4.78, 5) is 0. The maximum Gasteiger partial charge on any atom is 0.156 e. The third-order valence-electron chi connectivity index (χ3n) is 3.18. The van der Waals surface area contributed by atoms with E-state index in [-0.39, 0.29) is 0 Å². The number of hydrogen-bond acceptors (Lipinski definition) is 3. The highest BCUT2D eigenvalue weighted by Crippen LogP contribution is 2.30. The summed E-state index contributed by atoms with van der Waals surface area (Å²) in [7, 11) is 1.93. The van der Waals surface area contributed by atoms with Gasteiger partial charge < -0.3 is 9.73 Å². The first-order valence-corrected chi connectivity index (χ1v) is 7.39. The Morgan fingerprint density at radius 3 is 3.00 bits per heavy atom. The summed E-state index contributed by atoms with van der Waals surface area (Å²) in [5.74, 6) is 0.812. The zero-order valence-corrected chi connectivity index (χ0v) is 13.1. The number of nitrogens with one attached hydrogen (secondary N) is 1. The van der Waals surface area contributed by atoms with Crippen molar-refractivity contribution in [2.75, 3.05) is 6.54 Å². The van der Waals surface area contributed by atoms with Gasteiger partial charge in [0.2, 0.25) is 0 Å². The van der Waals surface area contributed by atoms with E-state index in [2.05, 4.69) is 39.3 Å². The number of furan rings is 1. The molecule has 1 N–H and O–H groups in total. The molecule has 1 aromatic carbocycles. The van der Waals surface area contributed by atoms with Crippen LogP contribution in [0.15, 0.2) is 39.4 Å². The Kier molecular flexibility index (Phi) is 3.63. The van der Waals surface area contributed by atoms with Crippen LogP contribution in [0, 0.1) is 0 Å². The summed E-state index contributed by atoms with van der Waals surface area (Å²) < 4.78 is 8.79. The van der Waals surface area contributed by atoms with Crippen LogP contribution in [0.3, 0.4) is 0 Å². The molecule has 0 atom stereocenters. The monoisotopic (exact) mass is 333 g/mol. The lowest BCUT2D eigenvalue weighted by atomic mass is 10.2. The molecule has 2 heterocycles. The first-order valence-electron chi connectivity index (χ1n) is 6.60. The highest BCUT2D eigenvalue weighted by molar-refractivity contribution is 9.10. The Balaban J connectivity index is 2.05. The van der Waals surface area contributed by atoms with Gasteiger partial charge in [0.1, 0.15) is 11.3 Å². The van der Waals surface area contributed by atoms with Crippen molar-refractivity contribution in [1.29, 1.82) is 0 Å². The minimum absolute atomic E-state index is 0.792. The molecule has 2 aromatic heterocycles. The highest BCUT2D eigenvalue weighted by Gasteiger charge is 2.14. The molecule has 20 heavy (non-hydrogen) atoms. The predicted molar refractivity (Wildman–Crippen MR) is 83.5 cm³/mol. The van der Waals surface area contributed by atoms with Gasteiger partial charge >= 0.3 is 0 Å². The van der Waals surface area contributed by atoms with Gasteiger partial charge in [0.05, 0.1) is 0 Å². The van der Waals surface area contributed by atoms with E-state index in [4.69, 9.17) is 4.42 Å². The fourth-order valence-corrected chi connectivity index (χ4v) is 2.64. The van der Waals surface area contributed by atoms with Crippen LogP contribution >= 0.6 is 15.9 Å². The van der Waals surface area contributed by atoms with Crippen LogP contribution in [0.5, 0.6) is 0 Å². The first kappa shape index (κ1) is 13.4. The van der Waals surface area contributed by atoms with Crippen LogP contribution < -0.4 is 5.32 Å². The molecule has 0 amide bonds. The lowest BCUT2D eigenvalue weighted by Crippen LogP contribution is -2.11. The fourth-order valence-electron chi connectivity index (χ4n) is 2.26. The van der Waals surface area contributed by atoms with Crippen LogP contribution in [-0.2, 0) is 13.6 Å². The second-order valence-electron chi connectivity index (χ2n) is 4.75. The number of benzene rings is 1. The Morgan fingerprint density at radius 2 is 2.20 bits per heavy atom. The van der Waals surface area contributed by atoms with Gasteiger partial charge in [-0.2, -0.15) is 5.10 Å². The van der Waals surface area contributed by atoms with E-state index < -0.39 is 0 Å². The van der Waals surface area contributed by atoms with Gasteiger partial charge in [-0.05, 0) is 30.8 Å². The standard InChI is InChI=1S/C15H16BrN3O/c1-3-17-8-11-9-19(2)18-15(11)14-7-10-6-12(16)4-5-13(10)20-14/h4-7,9,17H,3,8H2,1-2H3. The van der Waals surface area contributed by atoms with E-state index in [0.29, 0.717) is 0 Å². The minimum Gasteiger partial charge on any atom is -0.454 e. The number of halogens is 1. The zero-order chi connectivity index (χ0) is 14.1. The molecule has 0 saturated carbocycles. The smallest absolute Gasteiger partial charge is 0.156 e. The zero-order valence-electron chi connectivity index (χ0n) is 11.5. The van der Waals surface area contributed by atoms with Crippen molar-refractivity contribution in [2.24, 2.45) is 7.05 Å². The third kappa shape index (κ3) is 2.51. The van der Waals surface area contributed by atoms with Crippen molar-refractivity contribution in [3.05, 3.63) is 40.5 Å². The largest absolute Gasteiger partial charge is 0.454 e. The summed E-state index contributed by atoms with van der Waals surface area (Å²) >= 11 is 3.48. The molecule has 0 bridgehead atoms. The highest BCUT2D eigenvalue weighted by atomic mass is 79.9. The van der Waals surface area contributed by atoms with Gasteiger partial charge in [0.25, 0.3) is 0 Å². The topological polar surface area (TPSA) is 43.0 Å². The average Bonchev–Trinajstić information content (AvgIpc) is 2.98. The number of aromatic nitrogens is 2. The third-order valence-corrected chi connectivity index (χ3v) is 3.68. The molecule has 0 radical (unpaired) electrons. The fraction of sp³-hybridized carbons (Fsp3) is 0.267. The van der Waals surface area contributed by atoms with E-state index in [1.807, 2.05) is 36.1 Å². The van der Waals surface area contributed by atoms with Gasteiger partial charge in [-0.25, -0.2) is 0 Å². The molecule has 0 aliphatic heterocycles. The number of nitrogens with zero attached hydrogens (tertiary/aromatic N) is 2. The number of rotatable bonds is 4. The summed E-state index contributed by atoms with van der Waals surface area (Å²) in [6.07, 6.45) is 2.03. The predicted octanol–water partition coefficient (Wildman–Crippen LogP) is 3.71. The van der Waals surface area contributed by atoms with Crippen LogP contribution in [-0.4, -0.2) is 16.3 Å². The lowest BCUT2D eigenvalue weighted by molar-refractivity contribution is 0.623. The van der Waals surface area contributed by atoms with Crippen molar-refractivity contribution in [1.82, 2.24) is 15.1 Å². The van der Waals surface area contributed by atoms with Crippen LogP contribution in [0.4, 0.5) is 0 Å². The molecule has 0 unspecified atom stereocenters. The molecular weight excluding hydrogens is 318 g/mol. The molecule has 3 rings (SSSR count). The number of fused-ring (bicyclic) bond motifs is 1. The quantitative estimate of drug-likeness (QED) is 0.791. The summed E-state index contributed by atoms with van der Waals surface area (Å²) in [5.41, 5.74) is 2.93. The van der Waals surface area contributed by atoms with E-state index in [0.717, 1.165) is 45.5 Å². The normalized spacial score (nSPS) is 11.3. The Morgan fingerprint density at radius 1 is 1.35 bits per heavy atom. The van der Waals surface area contributed by atoms with Crippen LogP contribution in [0.1, 0.15) is 12.5 Å². The number of hydrogen-bond donors (Lipinski definition) is 1. The van der Waals surface area contributed by atoms with E-state index in [1.165, 1.54) is 0 Å². The molecule has 3 aromatic rings. The van der Waals surface area contributed by atoms with Gasteiger partial charge in [-0.1, -0.05) is 22.9 Å². The maximum atomic E-state index is 5.92.